The summed E-state index contributed by atoms with van der Waals surface area (Å²) in [6, 6.07) is 0. The minimum atomic E-state index is -2.32. The molecule has 134 valence electrons. The minimum Gasteiger partial charge on any atom is -0.509 e. The van der Waals surface area contributed by atoms with Crippen molar-refractivity contribution in [2.75, 3.05) is 0 Å². The quantitative estimate of drug-likeness (QED) is 0.208. The molecule has 1 aliphatic carbocycles. The Kier molecular flexibility index (Phi) is 5.51. The van der Waals surface area contributed by atoms with Crippen LogP contribution >= 0.6 is 104 Å². The van der Waals surface area contributed by atoms with E-state index in [-0.39, 0.29) is 57.1 Å². The summed E-state index contributed by atoms with van der Waals surface area (Å²) in [5.74, 6) is -0.578. The largest absolute Gasteiger partial charge is 0.509 e. The van der Waals surface area contributed by atoms with Crippen molar-refractivity contribution in [1.29, 1.82) is 0 Å². The number of hydrogen-bond acceptors (Lipinski definition) is 2. The molecule has 25 heavy (non-hydrogen) atoms. The van der Waals surface area contributed by atoms with Crippen molar-refractivity contribution in [2.24, 2.45) is 0 Å². The molecule has 0 saturated carbocycles. The van der Waals surface area contributed by atoms with Crippen molar-refractivity contribution in [2.45, 2.75) is 10.4 Å². The molecule has 0 spiro atoms. The Morgan fingerprint density at radius 3 is 1.68 bits per heavy atom. The first-order chi connectivity index (χ1) is 11.4. The van der Waals surface area contributed by atoms with Crippen molar-refractivity contribution in [3.63, 3.8) is 0 Å². The molecule has 0 aromatic heterocycles. The zero-order chi connectivity index (χ0) is 19.0. The van der Waals surface area contributed by atoms with Gasteiger partial charge in [0.05, 0.1) is 35.2 Å². The summed E-state index contributed by atoms with van der Waals surface area (Å²) in [5, 5.41) is 16.6. The summed E-state index contributed by atoms with van der Waals surface area (Å²) in [6.07, 6.45) is 0. The average molecular weight is 522 g/mol. The SMILES string of the molecule is OC1=C(Cl)c2c(c(Cl)c(Cl)c3c(Cl)c(Cl)c(Cl)c(Cl)c23)C(O)(Cl)C1Cl. The molecule has 2 nitrogen and oxygen atoms in total. The fourth-order valence-electron chi connectivity index (χ4n) is 2.62. The van der Waals surface area contributed by atoms with Crippen molar-refractivity contribution in [1.82, 2.24) is 0 Å². The van der Waals surface area contributed by atoms with Crippen LogP contribution in [0.1, 0.15) is 11.1 Å². The molecular weight excluding hydrogens is 519 g/mol. The summed E-state index contributed by atoms with van der Waals surface area (Å²) in [6.45, 7) is 0. The summed E-state index contributed by atoms with van der Waals surface area (Å²) in [7, 11) is 0. The summed E-state index contributed by atoms with van der Waals surface area (Å²) < 4.78 is 0. The van der Waals surface area contributed by atoms with Crippen LogP contribution in [-0.2, 0) is 5.06 Å². The molecule has 0 fully saturated rings. The lowest BCUT2D eigenvalue weighted by molar-refractivity contribution is 0.116. The highest BCUT2D eigenvalue weighted by atomic mass is 35.5. The topological polar surface area (TPSA) is 40.5 Å². The van der Waals surface area contributed by atoms with Crippen LogP contribution in [0.3, 0.4) is 0 Å². The van der Waals surface area contributed by atoms with Crippen LogP contribution in [-0.4, -0.2) is 15.6 Å². The maximum atomic E-state index is 10.6. The highest BCUT2D eigenvalue weighted by Crippen LogP contribution is 2.57. The van der Waals surface area contributed by atoms with E-state index in [1.807, 2.05) is 0 Å². The zero-order valence-corrected chi connectivity index (χ0v) is 18.2. The number of hydrogen-bond donors (Lipinski definition) is 2. The van der Waals surface area contributed by atoms with Crippen LogP contribution < -0.4 is 0 Å². The second kappa shape index (κ2) is 6.70. The number of fused-ring (bicyclic) bond motifs is 3. The molecule has 0 saturated heterocycles. The molecule has 0 bridgehead atoms. The first-order valence-electron chi connectivity index (χ1n) is 6.25. The number of aliphatic hydroxyl groups is 2. The maximum Gasteiger partial charge on any atom is 0.190 e. The van der Waals surface area contributed by atoms with E-state index in [9.17, 15) is 10.2 Å². The Bertz CT molecular complexity index is 981. The molecule has 11 heteroatoms. The second-order valence-corrected chi connectivity index (χ2v) is 8.78. The molecule has 2 unspecified atom stereocenters. The van der Waals surface area contributed by atoms with Gasteiger partial charge < -0.3 is 10.2 Å². The average Bonchev–Trinajstić information content (AvgIpc) is 2.56. The van der Waals surface area contributed by atoms with Crippen LogP contribution in [0.4, 0.5) is 0 Å². The van der Waals surface area contributed by atoms with Crippen LogP contribution in [0.5, 0.6) is 0 Å². The molecule has 0 heterocycles. The third kappa shape index (κ3) is 2.73. The van der Waals surface area contributed by atoms with Gasteiger partial charge in [-0.2, -0.15) is 0 Å². The molecular formula is C14H3Cl9O2. The van der Waals surface area contributed by atoms with E-state index in [1.165, 1.54) is 0 Å². The van der Waals surface area contributed by atoms with E-state index < -0.39 is 16.2 Å². The van der Waals surface area contributed by atoms with E-state index in [0.29, 0.717) is 0 Å². The second-order valence-electron chi connectivity index (χ2n) is 5.12. The van der Waals surface area contributed by atoms with E-state index in [4.69, 9.17) is 104 Å². The van der Waals surface area contributed by atoms with E-state index in [0.717, 1.165) is 0 Å². The van der Waals surface area contributed by atoms with E-state index in [1.54, 1.807) is 0 Å². The summed E-state index contributed by atoms with van der Waals surface area (Å²) in [5.41, 5.74) is -0.129. The van der Waals surface area contributed by atoms with Gasteiger partial charge in [0.25, 0.3) is 0 Å². The van der Waals surface area contributed by atoms with E-state index in [2.05, 4.69) is 0 Å². The van der Waals surface area contributed by atoms with Gasteiger partial charge >= 0.3 is 0 Å². The highest BCUT2D eigenvalue weighted by molar-refractivity contribution is 6.60. The van der Waals surface area contributed by atoms with Crippen molar-refractivity contribution >= 4 is 120 Å². The van der Waals surface area contributed by atoms with Gasteiger partial charge in [0, 0.05) is 21.9 Å². The summed E-state index contributed by atoms with van der Waals surface area (Å²) >= 11 is 55.7. The van der Waals surface area contributed by atoms with Crippen molar-refractivity contribution < 1.29 is 10.2 Å². The van der Waals surface area contributed by atoms with Gasteiger partial charge in [0.2, 0.25) is 0 Å². The molecule has 0 amide bonds. The molecule has 2 aromatic rings. The minimum absolute atomic E-state index is 0.00318. The van der Waals surface area contributed by atoms with Crippen LogP contribution in [0.2, 0.25) is 30.1 Å². The molecule has 0 aliphatic heterocycles. The lowest BCUT2D eigenvalue weighted by Crippen LogP contribution is -2.36. The Labute approximate surface area is 186 Å². The standard InChI is InChI=1S/C14H3Cl9O2/c15-5-1-2-4(14(23,25)13(22)12(24)8(2)18)9(19)6(16)3(1)7(17)11(21)10(5)20/h13,24-25H. The van der Waals surface area contributed by atoms with Gasteiger partial charge in [0.15, 0.2) is 5.06 Å². The number of rotatable bonds is 0. The fourth-order valence-corrected chi connectivity index (χ4v) is 5.24. The molecule has 1 aliphatic rings. The van der Waals surface area contributed by atoms with Crippen molar-refractivity contribution in [3.8, 4) is 0 Å². The first-order valence-corrected chi connectivity index (χ1v) is 9.71. The third-order valence-corrected chi connectivity index (χ3v) is 7.85. The Morgan fingerprint density at radius 1 is 0.720 bits per heavy atom. The smallest absolute Gasteiger partial charge is 0.190 e. The van der Waals surface area contributed by atoms with Gasteiger partial charge in [-0.3, -0.25) is 0 Å². The molecule has 2 N–H and O–H groups in total. The maximum absolute atomic E-state index is 10.6. The van der Waals surface area contributed by atoms with E-state index >= 15 is 0 Å². The van der Waals surface area contributed by atoms with Gasteiger partial charge in [-0.05, 0) is 0 Å². The lowest BCUT2D eigenvalue weighted by atomic mass is 9.88. The zero-order valence-electron chi connectivity index (χ0n) is 11.4. The Hall–Kier alpha value is 0.810. The number of benzene rings is 2. The molecule has 2 aromatic carbocycles. The Balaban J connectivity index is 2.73. The molecule has 2 atom stereocenters. The van der Waals surface area contributed by atoms with Gasteiger partial charge in [0.1, 0.15) is 11.1 Å². The molecule has 0 radical (unpaired) electrons. The van der Waals surface area contributed by atoms with Gasteiger partial charge in [-0.1, -0.05) is 92.8 Å². The van der Waals surface area contributed by atoms with Gasteiger partial charge in [-0.25, -0.2) is 0 Å². The van der Waals surface area contributed by atoms with Crippen LogP contribution in [0.25, 0.3) is 15.8 Å². The summed E-state index contributed by atoms with van der Waals surface area (Å²) in [4.78, 5) is 0. The number of aliphatic hydroxyl groups excluding tert-OH is 1. The predicted octanol–water partition coefficient (Wildman–Crippen LogP) is 8.23. The van der Waals surface area contributed by atoms with Crippen LogP contribution in [0.15, 0.2) is 5.76 Å². The third-order valence-electron chi connectivity index (χ3n) is 3.77. The van der Waals surface area contributed by atoms with Crippen molar-refractivity contribution in [3.05, 3.63) is 47.0 Å². The highest BCUT2D eigenvalue weighted by Gasteiger charge is 2.48. The number of alkyl halides is 2. The normalized spacial score (nSPS) is 23.4. The van der Waals surface area contributed by atoms with Gasteiger partial charge in [-0.15, -0.1) is 11.6 Å². The Morgan fingerprint density at radius 2 is 1.16 bits per heavy atom. The number of halogens is 9. The monoisotopic (exact) mass is 518 g/mol. The first kappa shape index (κ1) is 20.5. The predicted molar refractivity (Wildman–Crippen MR) is 109 cm³/mol. The van der Waals surface area contributed by atoms with Crippen LogP contribution in [0, 0.1) is 0 Å². The molecule has 3 rings (SSSR count). The fraction of sp³-hybridized carbons (Fsp3) is 0.143. The lowest BCUT2D eigenvalue weighted by Gasteiger charge is -2.35.